The number of phenolic OH excluding ortho intramolecular Hbond substituents is 1. The number of aliphatic carboxylic acids is 2. The first-order valence-electron chi connectivity index (χ1n) is 12.8. The van der Waals surface area contributed by atoms with Gasteiger partial charge in [-0.2, -0.15) is 0 Å². The number of halogens is 1. The van der Waals surface area contributed by atoms with Crippen LogP contribution in [0.2, 0.25) is 0 Å². The number of fused-ring (bicyclic) bond motifs is 1. The molecule has 1 heterocycles. The molecule has 0 radical (unpaired) electrons. The van der Waals surface area contributed by atoms with E-state index in [1.165, 1.54) is 0 Å². The molecule has 0 fully saturated rings. The smallest absolute Gasteiger partial charge is 0.339 e. The highest BCUT2D eigenvalue weighted by atomic mass is 79.9. The quantitative estimate of drug-likeness (QED) is 0.0604. The van der Waals surface area contributed by atoms with Crippen molar-refractivity contribution < 1.29 is 59.1 Å². The van der Waals surface area contributed by atoms with Crippen LogP contribution >= 0.6 is 15.9 Å². The van der Waals surface area contributed by atoms with Gasteiger partial charge in [0.05, 0.1) is 43.5 Å². The van der Waals surface area contributed by atoms with Gasteiger partial charge < -0.3 is 29.2 Å². The van der Waals surface area contributed by atoms with Gasteiger partial charge in [0, 0.05) is 49.1 Å². The van der Waals surface area contributed by atoms with Crippen molar-refractivity contribution in [3.05, 3.63) is 37.6 Å². The SMILES string of the molecule is Cc1c(C(COCCOCCC(CC(=O)O)CC(=O)O)N(CCOO)CCOO)c2cc(Br)c(O)c(C)c2oc1=O. The Morgan fingerprint density at radius 3 is 2.10 bits per heavy atom. The highest BCUT2D eigenvalue weighted by molar-refractivity contribution is 9.10. The van der Waals surface area contributed by atoms with E-state index in [0.717, 1.165) is 0 Å². The Balaban J connectivity index is 2.26. The van der Waals surface area contributed by atoms with E-state index in [2.05, 4.69) is 25.7 Å². The molecule has 1 atom stereocenters. The number of phenols is 1. The molecule has 230 valence electrons. The molecule has 5 N–H and O–H groups in total. The molecule has 0 bridgehead atoms. The predicted molar refractivity (Wildman–Crippen MR) is 147 cm³/mol. The first kappa shape index (κ1) is 34.6. The van der Waals surface area contributed by atoms with Crippen molar-refractivity contribution in [2.75, 3.05) is 52.7 Å². The number of carboxylic acids is 2. The van der Waals surface area contributed by atoms with Crippen LogP contribution in [-0.2, 0) is 28.8 Å². The molecule has 0 saturated heterocycles. The minimum absolute atomic E-state index is 0.0256. The molecule has 2 aromatic rings. The largest absolute Gasteiger partial charge is 0.506 e. The molecule has 15 heteroatoms. The second kappa shape index (κ2) is 17.4. The number of aryl methyl sites for hydroxylation is 1. The van der Waals surface area contributed by atoms with E-state index in [1.54, 1.807) is 24.8 Å². The molecule has 0 aliphatic heterocycles. The van der Waals surface area contributed by atoms with Gasteiger partial charge >= 0.3 is 17.6 Å². The Morgan fingerprint density at radius 2 is 1.54 bits per heavy atom. The maximum absolute atomic E-state index is 12.9. The van der Waals surface area contributed by atoms with Gasteiger partial charge in [0.1, 0.15) is 11.3 Å². The van der Waals surface area contributed by atoms with Crippen molar-refractivity contribution in [1.29, 1.82) is 0 Å². The zero-order valence-electron chi connectivity index (χ0n) is 22.8. The summed E-state index contributed by atoms with van der Waals surface area (Å²) < 4.78 is 17.3. The monoisotopic (exact) mass is 649 g/mol. The fourth-order valence-electron chi connectivity index (χ4n) is 4.54. The van der Waals surface area contributed by atoms with Crippen LogP contribution in [0.1, 0.15) is 42.0 Å². The fraction of sp³-hybridized carbons (Fsp3) is 0.577. The third-order valence-corrected chi connectivity index (χ3v) is 7.20. The minimum Gasteiger partial charge on any atom is -0.506 e. The third kappa shape index (κ3) is 10.3. The topological polar surface area (TPSA) is 206 Å². The van der Waals surface area contributed by atoms with Crippen LogP contribution in [0.25, 0.3) is 11.0 Å². The summed E-state index contributed by atoms with van der Waals surface area (Å²) in [5.74, 6) is -2.80. The summed E-state index contributed by atoms with van der Waals surface area (Å²) in [6.45, 7) is 3.76. The number of rotatable bonds is 20. The lowest BCUT2D eigenvalue weighted by molar-refractivity contribution is -0.253. The van der Waals surface area contributed by atoms with Crippen LogP contribution in [0.4, 0.5) is 0 Å². The summed E-state index contributed by atoms with van der Waals surface area (Å²) in [7, 11) is 0. The van der Waals surface area contributed by atoms with Gasteiger partial charge in [0.2, 0.25) is 0 Å². The van der Waals surface area contributed by atoms with Crippen LogP contribution in [0, 0.1) is 19.8 Å². The Morgan fingerprint density at radius 1 is 0.951 bits per heavy atom. The van der Waals surface area contributed by atoms with E-state index in [1.807, 2.05) is 0 Å². The molecular weight excluding hydrogens is 614 g/mol. The average Bonchev–Trinajstić information content (AvgIpc) is 2.91. The summed E-state index contributed by atoms with van der Waals surface area (Å²) >= 11 is 3.34. The van der Waals surface area contributed by atoms with Gasteiger partial charge in [0.15, 0.2) is 0 Å². The van der Waals surface area contributed by atoms with Crippen LogP contribution in [0.15, 0.2) is 19.8 Å². The minimum atomic E-state index is -1.08. The van der Waals surface area contributed by atoms with Crippen molar-refractivity contribution in [3.63, 3.8) is 0 Å². The summed E-state index contributed by atoms with van der Waals surface area (Å²) in [6, 6.07) is 1.01. The number of hydrogen-bond donors (Lipinski definition) is 5. The molecule has 1 aromatic heterocycles. The first-order chi connectivity index (χ1) is 19.5. The summed E-state index contributed by atoms with van der Waals surface area (Å²) in [4.78, 5) is 45.1. The van der Waals surface area contributed by atoms with Crippen molar-refractivity contribution in [2.45, 2.75) is 39.2 Å². The number of benzene rings is 1. The number of nitrogens with zero attached hydrogens (tertiary/aromatic N) is 1. The normalized spacial score (nSPS) is 12.5. The summed E-state index contributed by atoms with van der Waals surface area (Å²) in [6.07, 6.45) is -0.293. The van der Waals surface area contributed by atoms with Crippen molar-refractivity contribution >= 4 is 38.8 Å². The standard InChI is InChI=1S/C26H36BrNO13/c1-15-23(18-13-19(27)24(33)16(2)25(18)41-26(15)34)20(28(4-7-39-35)5-8-40-36)14-38-10-9-37-6-3-17(11-21(29)30)12-22(31)32/h13,17,20,33,35-36H,3-12,14H2,1-2H3,(H,29,30)(H,31,32). The number of aromatic hydroxyl groups is 1. The highest BCUT2D eigenvalue weighted by Crippen LogP contribution is 2.38. The van der Waals surface area contributed by atoms with E-state index >= 15 is 0 Å². The molecule has 0 aliphatic carbocycles. The van der Waals surface area contributed by atoms with Crippen LogP contribution in [0.3, 0.4) is 0 Å². The zero-order chi connectivity index (χ0) is 30.5. The second-order valence-corrected chi connectivity index (χ2v) is 10.2. The van der Waals surface area contributed by atoms with E-state index < -0.39 is 29.5 Å². The Kier molecular flexibility index (Phi) is 14.6. The van der Waals surface area contributed by atoms with E-state index in [9.17, 15) is 19.5 Å². The van der Waals surface area contributed by atoms with Gasteiger partial charge in [-0.25, -0.2) is 14.6 Å². The molecule has 41 heavy (non-hydrogen) atoms. The lowest BCUT2D eigenvalue weighted by atomic mass is 9.95. The number of hydrogen-bond acceptors (Lipinski definition) is 12. The van der Waals surface area contributed by atoms with Crippen LogP contribution in [0.5, 0.6) is 5.75 Å². The summed E-state index contributed by atoms with van der Waals surface area (Å²) in [5.41, 5.74) is 0.774. The lowest BCUT2D eigenvalue weighted by Crippen LogP contribution is -2.38. The fourth-order valence-corrected chi connectivity index (χ4v) is 5.06. The Labute approximate surface area is 244 Å². The van der Waals surface area contributed by atoms with Gasteiger partial charge in [-0.05, 0) is 53.7 Å². The van der Waals surface area contributed by atoms with E-state index in [0.29, 0.717) is 26.5 Å². The zero-order valence-corrected chi connectivity index (χ0v) is 24.4. The molecule has 0 spiro atoms. The third-order valence-electron chi connectivity index (χ3n) is 6.59. The molecule has 14 nitrogen and oxygen atoms in total. The molecule has 0 amide bonds. The maximum Gasteiger partial charge on any atom is 0.339 e. The molecule has 2 rings (SSSR count). The maximum atomic E-state index is 12.9. The molecule has 0 saturated carbocycles. The second-order valence-electron chi connectivity index (χ2n) is 9.39. The van der Waals surface area contributed by atoms with Gasteiger partial charge in [-0.3, -0.25) is 25.0 Å². The van der Waals surface area contributed by atoms with Gasteiger partial charge in [-0.15, -0.1) is 0 Å². The highest BCUT2D eigenvalue weighted by Gasteiger charge is 2.28. The van der Waals surface area contributed by atoms with Crippen molar-refractivity contribution in [1.82, 2.24) is 4.90 Å². The number of ether oxygens (including phenoxy) is 2. The number of carboxylic acid groups (broad SMARTS) is 2. The summed E-state index contributed by atoms with van der Waals surface area (Å²) in [5, 5.41) is 46.8. The van der Waals surface area contributed by atoms with Crippen LogP contribution < -0.4 is 5.63 Å². The van der Waals surface area contributed by atoms with Crippen LogP contribution in [-0.4, -0.2) is 95.4 Å². The molecular formula is C26H36BrNO13. The van der Waals surface area contributed by atoms with Gasteiger partial charge in [0.25, 0.3) is 0 Å². The number of carbonyl (C=O) groups is 2. The first-order valence-corrected chi connectivity index (χ1v) is 13.6. The van der Waals surface area contributed by atoms with Gasteiger partial charge in [-0.1, -0.05) is 0 Å². The van der Waals surface area contributed by atoms with E-state index in [4.69, 9.17) is 34.6 Å². The Bertz CT molecular complexity index is 1190. The average molecular weight is 650 g/mol. The molecule has 0 aliphatic rings. The van der Waals surface area contributed by atoms with Crippen molar-refractivity contribution in [3.8, 4) is 5.75 Å². The van der Waals surface area contributed by atoms with E-state index in [-0.39, 0.29) is 83.3 Å². The lowest BCUT2D eigenvalue weighted by Gasteiger charge is -2.32. The predicted octanol–water partition coefficient (Wildman–Crippen LogP) is 3.19. The molecule has 1 aromatic carbocycles. The van der Waals surface area contributed by atoms with Crippen molar-refractivity contribution in [2.24, 2.45) is 5.92 Å². The Hall–Kier alpha value is -2.63. The molecule has 1 unspecified atom stereocenters.